The van der Waals surface area contributed by atoms with Crippen molar-refractivity contribution in [3.63, 3.8) is 0 Å². The van der Waals surface area contributed by atoms with Crippen LogP contribution >= 0.6 is 0 Å². The number of hydrogen-bond acceptors (Lipinski definition) is 6. The number of carbonyl (C=O) groups is 2. The molecular formula is C31H46F6O6. The highest BCUT2D eigenvalue weighted by atomic mass is 19.4. The van der Waals surface area contributed by atoms with Crippen molar-refractivity contribution in [3.8, 4) is 0 Å². The largest absolute Gasteiger partial charge is 0.456 e. The van der Waals surface area contributed by atoms with E-state index in [-0.39, 0.29) is 35.8 Å². The first-order chi connectivity index (χ1) is 19.6. The predicted molar refractivity (Wildman–Crippen MR) is 147 cm³/mol. The van der Waals surface area contributed by atoms with Gasteiger partial charge in [-0.3, -0.25) is 0 Å². The molecule has 3 aliphatic carbocycles. The minimum atomic E-state index is -4.86. The average Bonchev–Trinajstić information content (AvgIpc) is 3.51. The van der Waals surface area contributed by atoms with E-state index in [9.17, 15) is 46.1 Å². The van der Waals surface area contributed by atoms with Gasteiger partial charge in [-0.1, -0.05) is 51.7 Å². The van der Waals surface area contributed by atoms with Crippen LogP contribution in [0.1, 0.15) is 98.3 Å². The van der Waals surface area contributed by atoms with Crippen LogP contribution in [0.3, 0.4) is 0 Å². The van der Waals surface area contributed by atoms with Crippen LogP contribution in [-0.2, 0) is 19.1 Å². The van der Waals surface area contributed by atoms with Crippen molar-refractivity contribution >= 4 is 11.9 Å². The summed E-state index contributed by atoms with van der Waals surface area (Å²) in [4.78, 5) is 23.2. The molecule has 3 aliphatic rings. The Labute approximate surface area is 249 Å². The summed E-state index contributed by atoms with van der Waals surface area (Å²) in [6.45, 7) is 10.8. The second-order valence-electron chi connectivity index (χ2n) is 13.0. The van der Waals surface area contributed by atoms with Crippen molar-refractivity contribution in [1.82, 2.24) is 0 Å². The maximum absolute atomic E-state index is 13.1. The smallest absolute Gasteiger partial charge is 0.420 e. The van der Waals surface area contributed by atoms with Gasteiger partial charge in [-0.05, 0) is 83.5 Å². The fraction of sp³-hybridized carbons (Fsp3) is 0.806. The molecule has 3 rings (SSSR count). The molecule has 0 radical (unpaired) electrons. The minimum absolute atomic E-state index is 0.0154. The van der Waals surface area contributed by atoms with Gasteiger partial charge in [-0.2, -0.15) is 26.3 Å². The standard InChI is InChI=1S/C16H23F3O3.C15H23F3O3/c1-9(2)14(20)22-13(15(3,21)16(17,18)19)8-12-7-10-4-5-11(12)6-10;1-10(2)13(19)21-12(14(3,20)15(16,17)18)9-11-7-5-4-6-8-11/h10-13,21H,1,4-8H2,2-3H3;11-12,20H,1,4-9H2,2-3H3. The van der Waals surface area contributed by atoms with E-state index in [1.807, 2.05) is 0 Å². The Hall–Kier alpha value is -2.08. The number of hydrogen-bond donors (Lipinski definition) is 2. The average molecular weight is 629 g/mol. The van der Waals surface area contributed by atoms with E-state index in [1.54, 1.807) is 0 Å². The van der Waals surface area contributed by atoms with E-state index in [1.165, 1.54) is 13.8 Å². The molecule has 0 heterocycles. The molecule has 248 valence electrons. The summed E-state index contributed by atoms with van der Waals surface area (Å²) in [7, 11) is 0. The molecule has 2 N–H and O–H groups in total. The molecule has 2 bridgehead atoms. The van der Waals surface area contributed by atoms with Crippen LogP contribution in [0.15, 0.2) is 24.3 Å². The van der Waals surface area contributed by atoms with Gasteiger partial charge in [0.05, 0.1) is 0 Å². The summed E-state index contributed by atoms with van der Waals surface area (Å²) in [5.41, 5.74) is -6.08. The molecule has 0 aromatic heterocycles. The minimum Gasteiger partial charge on any atom is -0.456 e. The molecule has 0 aromatic rings. The van der Waals surface area contributed by atoms with E-state index in [2.05, 4.69) is 13.2 Å². The van der Waals surface area contributed by atoms with Gasteiger partial charge in [0.1, 0.15) is 12.2 Å². The number of halogens is 6. The van der Waals surface area contributed by atoms with Crippen LogP contribution in [0.25, 0.3) is 0 Å². The second-order valence-corrected chi connectivity index (χ2v) is 13.0. The number of alkyl halides is 6. The van der Waals surface area contributed by atoms with Gasteiger partial charge in [-0.15, -0.1) is 0 Å². The molecule has 0 aromatic carbocycles. The molecular weight excluding hydrogens is 582 g/mol. The van der Waals surface area contributed by atoms with Crippen LogP contribution in [0.4, 0.5) is 26.3 Å². The Bertz CT molecular complexity index is 996. The molecule has 0 amide bonds. The van der Waals surface area contributed by atoms with Gasteiger partial charge in [0.2, 0.25) is 0 Å². The molecule has 7 atom stereocenters. The fourth-order valence-electron chi connectivity index (χ4n) is 6.28. The number of esters is 2. The molecule has 0 spiro atoms. The predicted octanol–water partition coefficient (Wildman–Crippen LogP) is 7.37. The molecule has 12 heteroatoms. The zero-order valence-electron chi connectivity index (χ0n) is 25.5. The first-order valence-corrected chi connectivity index (χ1v) is 14.9. The van der Waals surface area contributed by atoms with Gasteiger partial charge < -0.3 is 19.7 Å². The first-order valence-electron chi connectivity index (χ1n) is 14.9. The third kappa shape index (κ3) is 9.70. The number of carbonyl (C=O) groups excluding carboxylic acids is 2. The Morgan fingerprint density at radius 1 is 0.744 bits per heavy atom. The monoisotopic (exact) mass is 628 g/mol. The Kier molecular flexibility index (Phi) is 12.4. The van der Waals surface area contributed by atoms with Gasteiger partial charge >= 0.3 is 24.3 Å². The Morgan fingerprint density at radius 2 is 1.19 bits per heavy atom. The highest BCUT2D eigenvalue weighted by molar-refractivity contribution is 5.87. The summed E-state index contributed by atoms with van der Waals surface area (Å²) in [5, 5.41) is 19.8. The van der Waals surface area contributed by atoms with Crippen molar-refractivity contribution in [3.05, 3.63) is 24.3 Å². The van der Waals surface area contributed by atoms with Gasteiger partial charge in [-0.25, -0.2) is 9.59 Å². The molecule has 3 fully saturated rings. The van der Waals surface area contributed by atoms with E-state index in [0.717, 1.165) is 57.8 Å². The number of ether oxygens (including phenoxy) is 2. The number of aliphatic hydroxyl groups is 2. The Morgan fingerprint density at radius 3 is 1.53 bits per heavy atom. The second kappa shape index (κ2) is 14.3. The summed E-state index contributed by atoms with van der Waals surface area (Å²) < 4.78 is 88.3. The number of fused-ring (bicyclic) bond motifs is 2. The van der Waals surface area contributed by atoms with Gasteiger partial charge in [0.15, 0.2) is 11.2 Å². The lowest BCUT2D eigenvalue weighted by atomic mass is 9.81. The molecule has 3 saturated carbocycles. The SMILES string of the molecule is C=C(C)C(=O)OC(CC1CC2CCC1C2)C(C)(O)C(F)(F)F.C=C(C)C(=O)OC(CC1CCCCC1)C(C)(O)C(F)(F)F. The van der Waals surface area contributed by atoms with Gasteiger partial charge in [0, 0.05) is 11.1 Å². The first kappa shape index (κ1) is 37.1. The molecule has 43 heavy (non-hydrogen) atoms. The molecule has 0 saturated heterocycles. The van der Waals surface area contributed by atoms with Crippen molar-refractivity contribution < 1.29 is 55.6 Å². The zero-order chi connectivity index (χ0) is 33.0. The highest BCUT2D eigenvalue weighted by Gasteiger charge is 2.58. The molecule has 7 unspecified atom stereocenters. The van der Waals surface area contributed by atoms with Gasteiger partial charge in [0.25, 0.3) is 0 Å². The van der Waals surface area contributed by atoms with Crippen LogP contribution in [0.2, 0.25) is 0 Å². The quantitative estimate of drug-likeness (QED) is 0.149. The van der Waals surface area contributed by atoms with Crippen molar-refractivity contribution in [1.29, 1.82) is 0 Å². The Balaban J connectivity index is 0.000000301. The summed E-state index contributed by atoms with van der Waals surface area (Å²) in [6.07, 6.45) is -4.21. The van der Waals surface area contributed by atoms with Crippen LogP contribution in [0, 0.1) is 23.7 Å². The lowest BCUT2D eigenvalue weighted by Gasteiger charge is -2.36. The van der Waals surface area contributed by atoms with E-state index < -0.39 is 47.7 Å². The fourth-order valence-corrected chi connectivity index (χ4v) is 6.28. The summed E-state index contributed by atoms with van der Waals surface area (Å²) in [5.74, 6) is -0.715. The van der Waals surface area contributed by atoms with Crippen LogP contribution in [0.5, 0.6) is 0 Å². The highest BCUT2D eigenvalue weighted by Crippen LogP contribution is 2.51. The summed E-state index contributed by atoms with van der Waals surface area (Å²) >= 11 is 0. The van der Waals surface area contributed by atoms with Crippen molar-refractivity contribution in [2.24, 2.45) is 23.7 Å². The molecule has 6 nitrogen and oxygen atoms in total. The van der Waals surface area contributed by atoms with Crippen LogP contribution in [-0.4, -0.2) is 57.9 Å². The summed E-state index contributed by atoms with van der Waals surface area (Å²) in [6, 6.07) is 0. The normalized spacial score (nSPS) is 26.7. The number of rotatable bonds is 10. The topological polar surface area (TPSA) is 93.1 Å². The maximum atomic E-state index is 13.1. The van der Waals surface area contributed by atoms with Crippen LogP contribution < -0.4 is 0 Å². The van der Waals surface area contributed by atoms with E-state index in [4.69, 9.17) is 9.47 Å². The van der Waals surface area contributed by atoms with Crippen molar-refractivity contribution in [2.45, 2.75) is 134 Å². The lowest BCUT2D eigenvalue weighted by Crippen LogP contribution is -2.54. The van der Waals surface area contributed by atoms with E-state index >= 15 is 0 Å². The maximum Gasteiger partial charge on any atom is 0.420 e. The zero-order valence-corrected chi connectivity index (χ0v) is 25.5. The third-order valence-electron chi connectivity index (χ3n) is 9.27. The van der Waals surface area contributed by atoms with Crippen molar-refractivity contribution in [2.75, 3.05) is 0 Å². The van der Waals surface area contributed by atoms with E-state index in [0.29, 0.717) is 25.7 Å². The molecule has 0 aliphatic heterocycles. The lowest BCUT2D eigenvalue weighted by molar-refractivity contribution is -0.287. The third-order valence-corrected chi connectivity index (χ3v) is 9.27.